The molecule has 1 N–H and O–H groups in total. The molecule has 0 spiro atoms. The fraction of sp³-hybridized carbons (Fsp3) is 0.833. The number of rotatable bonds is 4. The molecule has 4 heteroatoms. The fourth-order valence-electron chi connectivity index (χ4n) is 2.18. The van der Waals surface area contributed by atoms with Crippen LogP contribution in [-0.4, -0.2) is 42.8 Å². The largest absolute Gasteiger partial charge is 0.361 e. The predicted molar refractivity (Wildman–Crippen MR) is 90.2 cm³/mol. The summed E-state index contributed by atoms with van der Waals surface area (Å²) >= 11 is 0. The summed E-state index contributed by atoms with van der Waals surface area (Å²) in [5, 5.41) is 3.06. The molecule has 0 saturated carbocycles. The van der Waals surface area contributed by atoms with Crippen molar-refractivity contribution < 1.29 is 9.53 Å². The van der Waals surface area contributed by atoms with Crippen LogP contribution in [0.2, 0.25) is 0 Å². The van der Waals surface area contributed by atoms with Crippen molar-refractivity contribution in [2.75, 3.05) is 26.4 Å². The average molecular weight is 308 g/mol. The van der Waals surface area contributed by atoms with Crippen molar-refractivity contribution in [3.8, 4) is 11.8 Å². The Labute approximate surface area is 136 Å². The van der Waals surface area contributed by atoms with Gasteiger partial charge >= 0.3 is 0 Å². The zero-order chi connectivity index (χ0) is 16.8. The van der Waals surface area contributed by atoms with Gasteiger partial charge in [-0.2, -0.15) is 0 Å². The van der Waals surface area contributed by atoms with Crippen LogP contribution in [-0.2, 0) is 9.53 Å². The molecule has 0 aromatic carbocycles. The number of likely N-dealkylation sites (tertiary alicyclic amines) is 1. The lowest BCUT2D eigenvalue weighted by molar-refractivity contribution is -0.132. The first kappa shape index (κ1) is 19.0. The lowest BCUT2D eigenvalue weighted by Gasteiger charge is -2.31. The molecular formula is C18H32N2O2. The molecule has 1 amide bonds. The predicted octanol–water partition coefficient (Wildman–Crippen LogP) is 2.64. The van der Waals surface area contributed by atoms with E-state index in [-0.39, 0.29) is 16.9 Å². The normalized spacial score (nSPS) is 19.5. The summed E-state index contributed by atoms with van der Waals surface area (Å²) in [6, 6.07) is 0. The van der Waals surface area contributed by atoms with Crippen LogP contribution in [0.25, 0.3) is 0 Å². The molecule has 1 aliphatic heterocycles. The Morgan fingerprint density at radius 3 is 2.55 bits per heavy atom. The molecule has 0 aliphatic carbocycles. The zero-order valence-electron chi connectivity index (χ0n) is 15.1. The second-order valence-electron chi connectivity index (χ2n) is 8.03. The van der Waals surface area contributed by atoms with Crippen LogP contribution in [0.4, 0.5) is 0 Å². The first-order chi connectivity index (χ1) is 10.1. The molecule has 1 heterocycles. The van der Waals surface area contributed by atoms with E-state index in [1.807, 2.05) is 25.7 Å². The summed E-state index contributed by atoms with van der Waals surface area (Å²) in [5.41, 5.74) is -0.160. The van der Waals surface area contributed by atoms with Crippen LogP contribution in [0, 0.1) is 23.2 Å². The van der Waals surface area contributed by atoms with E-state index in [4.69, 9.17) is 4.74 Å². The van der Waals surface area contributed by atoms with E-state index < -0.39 is 0 Å². The molecule has 1 rings (SSSR count). The quantitative estimate of drug-likeness (QED) is 0.493. The standard InChI is InChI=1S/C18H32N2O2/c1-17(2,3)10-9-15-8-7-11-20(13-15)16(21)12-19-14-22-18(4,5)6/h15,19H,7-8,11-14H2,1-6H3. The molecule has 1 fully saturated rings. The Morgan fingerprint density at radius 2 is 1.95 bits per heavy atom. The SMILES string of the molecule is CC(C)(C)C#CC1CCCN(C(=O)CNCOC(C)(C)C)C1. The number of ether oxygens (including phenoxy) is 1. The lowest BCUT2D eigenvalue weighted by atomic mass is 9.93. The minimum atomic E-state index is -0.186. The highest BCUT2D eigenvalue weighted by Crippen LogP contribution is 2.17. The van der Waals surface area contributed by atoms with Gasteiger partial charge in [0.15, 0.2) is 0 Å². The summed E-state index contributed by atoms with van der Waals surface area (Å²) in [6.45, 7) is 14.7. The monoisotopic (exact) mass is 308 g/mol. The Morgan fingerprint density at radius 1 is 1.27 bits per heavy atom. The van der Waals surface area contributed by atoms with Gasteiger partial charge in [0.25, 0.3) is 0 Å². The van der Waals surface area contributed by atoms with Gasteiger partial charge in [0, 0.05) is 24.4 Å². The number of piperidine rings is 1. The van der Waals surface area contributed by atoms with Gasteiger partial charge in [-0.05, 0) is 54.4 Å². The topological polar surface area (TPSA) is 41.6 Å². The van der Waals surface area contributed by atoms with Gasteiger partial charge in [-0.3, -0.25) is 10.1 Å². The van der Waals surface area contributed by atoms with Crippen molar-refractivity contribution in [2.45, 2.75) is 60.0 Å². The van der Waals surface area contributed by atoms with Crippen molar-refractivity contribution in [2.24, 2.45) is 11.3 Å². The number of amides is 1. The van der Waals surface area contributed by atoms with E-state index in [1.165, 1.54) is 0 Å². The summed E-state index contributed by atoms with van der Waals surface area (Å²) in [7, 11) is 0. The average Bonchev–Trinajstić information content (AvgIpc) is 2.39. The Bertz CT molecular complexity index is 421. The van der Waals surface area contributed by atoms with E-state index in [0.29, 0.717) is 19.2 Å². The molecule has 1 saturated heterocycles. The van der Waals surface area contributed by atoms with E-state index in [2.05, 4.69) is 37.9 Å². The van der Waals surface area contributed by atoms with Crippen molar-refractivity contribution in [3.63, 3.8) is 0 Å². The van der Waals surface area contributed by atoms with Crippen molar-refractivity contribution in [1.29, 1.82) is 0 Å². The van der Waals surface area contributed by atoms with Gasteiger partial charge in [-0.25, -0.2) is 0 Å². The second-order valence-corrected chi connectivity index (χ2v) is 8.03. The van der Waals surface area contributed by atoms with Gasteiger partial charge in [0.2, 0.25) is 5.91 Å². The van der Waals surface area contributed by atoms with Crippen LogP contribution in [0.3, 0.4) is 0 Å². The number of nitrogens with zero attached hydrogens (tertiary/aromatic N) is 1. The maximum absolute atomic E-state index is 12.2. The summed E-state index contributed by atoms with van der Waals surface area (Å²) < 4.78 is 5.56. The lowest BCUT2D eigenvalue weighted by Crippen LogP contribution is -2.44. The number of carbonyl (C=O) groups is 1. The van der Waals surface area contributed by atoms with Crippen molar-refractivity contribution in [3.05, 3.63) is 0 Å². The number of nitrogens with one attached hydrogen (secondary N) is 1. The molecule has 0 aromatic rings. The van der Waals surface area contributed by atoms with E-state index in [9.17, 15) is 4.79 Å². The molecule has 22 heavy (non-hydrogen) atoms. The Kier molecular flexibility index (Phi) is 6.90. The third-order valence-electron chi connectivity index (χ3n) is 3.31. The summed E-state index contributed by atoms with van der Waals surface area (Å²) in [6.07, 6.45) is 2.13. The highest BCUT2D eigenvalue weighted by molar-refractivity contribution is 5.78. The Balaban J connectivity index is 2.38. The Hall–Kier alpha value is -1.05. The summed E-state index contributed by atoms with van der Waals surface area (Å²) in [5.74, 6) is 7.09. The first-order valence-corrected chi connectivity index (χ1v) is 8.22. The third kappa shape index (κ3) is 8.41. The number of hydrogen-bond acceptors (Lipinski definition) is 3. The van der Waals surface area contributed by atoms with Crippen LogP contribution in [0.5, 0.6) is 0 Å². The molecular weight excluding hydrogens is 276 g/mol. The van der Waals surface area contributed by atoms with E-state index in [1.54, 1.807) is 0 Å². The van der Waals surface area contributed by atoms with Crippen LogP contribution < -0.4 is 5.32 Å². The van der Waals surface area contributed by atoms with Crippen LogP contribution in [0.1, 0.15) is 54.4 Å². The highest BCUT2D eigenvalue weighted by atomic mass is 16.5. The van der Waals surface area contributed by atoms with E-state index >= 15 is 0 Å². The smallest absolute Gasteiger partial charge is 0.236 e. The highest BCUT2D eigenvalue weighted by Gasteiger charge is 2.22. The number of carbonyl (C=O) groups excluding carboxylic acids is 1. The van der Waals surface area contributed by atoms with Gasteiger partial charge in [0.05, 0.1) is 18.9 Å². The summed E-state index contributed by atoms with van der Waals surface area (Å²) in [4.78, 5) is 14.2. The minimum absolute atomic E-state index is 0.0259. The molecule has 0 aromatic heterocycles. The van der Waals surface area contributed by atoms with Crippen LogP contribution >= 0.6 is 0 Å². The fourth-order valence-corrected chi connectivity index (χ4v) is 2.18. The molecule has 0 bridgehead atoms. The molecule has 0 radical (unpaired) electrons. The second kappa shape index (κ2) is 7.99. The molecule has 126 valence electrons. The molecule has 1 aliphatic rings. The first-order valence-electron chi connectivity index (χ1n) is 8.22. The zero-order valence-corrected chi connectivity index (χ0v) is 15.1. The minimum Gasteiger partial charge on any atom is -0.361 e. The maximum Gasteiger partial charge on any atom is 0.236 e. The number of hydrogen-bond donors (Lipinski definition) is 1. The maximum atomic E-state index is 12.2. The molecule has 1 atom stereocenters. The van der Waals surface area contributed by atoms with Gasteiger partial charge in [-0.15, -0.1) is 0 Å². The van der Waals surface area contributed by atoms with E-state index in [0.717, 1.165) is 25.9 Å². The molecule has 1 unspecified atom stereocenters. The molecule has 4 nitrogen and oxygen atoms in total. The van der Waals surface area contributed by atoms with Crippen molar-refractivity contribution >= 4 is 5.91 Å². The third-order valence-corrected chi connectivity index (χ3v) is 3.31. The van der Waals surface area contributed by atoms with Gasteiger partial charge < -0.3 is 9.64 Å². The van der Waals surface area contributed by atoms with Gasteiger partial charge in [-0.1, -0.05) is 11.8 Å². The van der Waals surface area contributed by atoms with Crippen LogP contribution in [0.15, 0.2) is 0 Å². The van der Waals surface area contributed by atoms with Crippen molar-refractivity contribution in [1.82, 2.24) is 10.2 Å². The van der Waals surface area contributed by atoms with Gasteiger partial charge in [0.1, 0.15) is 0 Å².